The van der Waals surface area contributed by atoms with Gasteiger partial charge in [0, 0.05) is 26.2 Å². The number of rotatable bonds is 7. The van der Waals surface area contributed by atoms with Gasteiger partial charge in [-0.1, -0.05) is 30.3 Å². The topological polar surface area (TPSA) is 53.0 Å². The zero-order valence-corrected chi connectivity index (χ0v) is 15.8. The molecule has 144 valence electrons. The summed E-state index contributed by atoms with van der Waals surface area (Å²) in [4.78, 5) is 16.8. The number of nitrogens with zero attached hydrogens (tertiary/aromatic N) is 2. The molecule has 0 spiro atoms. The van der Waals surface area contributed by atoms with Gasteiger partial charge in [0.15, 0.2) is 6.10 Å². The molecular weight excluding hydrogens is 328 g/mol. The summed E-state index contributed by atoms with van der Waals surface area (Å²) in [5.74, 6) is -0.0165. The fraction of sp³-hybridized carbons (Fsp3) is 0.667. The number of benzene rings is 1. The second kappa shape index (κ2) is 9.49. The maximum Gasteiger partial charge on any atom is 0.254 e. The second-order valence-electron chi connectivity index (χ2n) is 7.68. The molecule has 1 aromatic carbocycles. The molecule has 0 bridgehead atoms. The first kappa shape index (κ1) is 19.3. The third kappa shape index (κ3) is 5.29. The molecule has 2 aliphatic rings. The van der Waals surface area contributed by atoms with Crippen molar-refractivity contribution >= 4 is 5.91 Å². The summed E-state index contributed by atoms with van der Waals surface area (Å²) in [7, 11) is 2.13. The molecule has 1 N–H and O–H groups in total. The van der Waals surface area contributed by atoms with Crippen molar-refractivity contribution in [2.45, 2.75) is 56.8 Å². The molecule has 0 aliphatic carbocycles. The van der Waals surface area contributed by atoms with Crippen molar-refractivity contribution in [3.8, 4) is 0 Å². The third-order valence-corrected chi connectivity index (χ3v) is 5.59. The van der Waals surface area contributed by atoms with Crippen molar-refractivity contribution in [3.63, 3.8) is 0 Å². The first-order valence-corrected chi connectivity index (χ1v) is 9.98. The lowest BCUT2D eigenvalue weighted by Gasteiger charge is -2.35. The van der Waals surface area contributed by atoms with E-state index in [0.717, 1.165) is 58.3 Å². The van der Waals surface area contributed by atoms with E-state index in [9.17, 15) is 9.90 Å². The standard InChI is InChI=1S/C21H32N2O3/c1-22(15-11-17-7-3-2-4-8-17)16-12-18-9-10-19(24)20(26-18)21(25)23-13-5-6-14-23/h2-4,7-8,18-20,24H,5-6,9-16H2,1H3. The Balaban J connectivity index is 1.42. The third-order valence-electron chi connectivity index (χ3n) is 5.59. The predicted molar refractivity (Wildman–Crippen MR) is 102 cm³/mol. The molecule has 3 rings (SSSR count). The van der Waals surface area contributed by atoms with Crippen molar-refractivity contribution in [2.75, 3.05) is 33.2 Å². The van der Waals surface area contributed by atoms with Gasteiger partial charge in [-0.2, -0.15) is 0 Å². The molecule has 5 heteroatoms. The lowest BCUT2D eigenvalue weighted by atomic mass is 9.98. The summed E-state index contributed by atoms with van der Waals surface area (Å²) >= 11 is 0. The van der Waals surface area contributed by atoms with E-state index < -0.39 is 12.2 Å². The molecule has 0 saturated carbocycles. The Morgan fingerprint density at radius 1 is 1.19 bits per heavy atom. The molecule has 0 aromatic heterocycles. The molecule has 2 saturated heterocycles. The van der Waals surface area contributed by atoms with Crippen LogP contribution in [0.2, 0.25) is 0 Å². The van der Waals surface area contributed by atoms with Crippen LogP contribution in [0.1, 0.15) is 37.7 Å². The Kier molecular flexibility index (Phi) is 7.06. The Bertz CT molecular complexity index is 560. The van der Waals surface area contributed by atoms with Crippen molar-refractivity contribution in [2.24, 2.45) is 0 Å². The highest BCUT2D eigenvalue weighted by atomic mass is 16.5. The van der Waals surface area contributed by atoms with Crippen LogP contribution >= 0.6 is 0 Å². The maximum absolute atomic E-state index is 12.6. The SMILES string of the molecule is CN(CCc1ccccc1)CCC1CCC(O)C(C(=O)N2CCCC2)O1. The highest BCUT2D eigenvalue weighted by Crippen LogP contribution is 2.24. The van der Waals surface area contributed by atoms with Gasteiger partial charge in [-0.25, -0.2) is 0 Å². The Morgan fingerprint density at radius 2 is 1.92 bits per heavy atom. The van der Waals surface area contributed by atoms with E-state index in [4.69, 9.17) is 4.74 Å². The van der Waals surface area contributed by atoms with Crippen LogP contribution < -0.4 is 0 Å². The lowest BCUT2D eigenvalue weighted by Crippen LogP contribution is -2.50. The Labute approximate surface area is 156 Å². The van der Waals surface area contributed by atoms with E-state index in [0.29, 0.717) is 6.42 Å². The summed E-state index contributed by atoms with van der Waals surface area (Å²) < 4.78 is 6.02. The molecule has 2 aliphatic heterocycles. The van der Waals surface area contributed by atoms with Crippen LogP contribution in [-0.2, 0) is 16.0 Å². The van der Waals surface area contributed by atoms with Gasteiger partial charge in [0.1, 0.15) is 0 Å². The van der Waals surface area contributed by atoms with Crippen molar-refractivity contribution < 1.29 is 14.6 Å². The fourth-order valence-electron chi connectivity index (χ4n) is 3.87. The van der Waals surface area contributed by atoms with Crippen LogP contribution in [0.3, 0.4) is 0 Å². The lowest BCUT2D eigenvalue weighted by molar-refractivity contribution is -0.167. The summed E-state index contributed by atoms with van der Waals surface area (Å²) in [5.41, 5.74) is 1.35. The minimum absolute atomic E-state index is 0.0165. The molecule has 3 unspecified atom stereocenters. The quantitative estimate of drug-likeness (QED) is 0.809. The van der Waals surface area contributed by atoms with Gasteiger partial charge in [0.05, 0.1) is 12.2 Å². The molecule has 2 heterocycles. The molecule has 2 fully saturated rings. The van der Waals surface area contributed by atoms with E-state index >= 15 is 0 Å². The zero-order chi connectivity index (χ0) is 18.4. The number of likely N-dealkylation sites (tertiary alicyclic amines) is 1. The summed E-state index contributed by atoms with van der Waals surface area (Å²) in [6.45, 7) is 3.56. The zero-order valence-electron chi connectivity index (χ0n) is 15.8. The van der Waals surface area contributed by atoms with Crippen molar-refractivity contribution in [1.82, 2.24) is 9.80 Å². The predicted octanol–water partition coefficient (Wildman–Crippen LogP) is 2.08. The Hall–Kier alpha value is -1.43. The van der Waals surface area contributed by atoms with Crippen LogP contribution in [0.4, 0.5) is 0 Å². The average Bonchev–Trinajstić information content (AvgIpc) is 3.21. The molecule has 5 nitrogen and oxygen atoms in total. The number of hydrogen-bond acceptors (Lipinski definition) is 4. The largest absolute Gasteiger partial charge is 0.390 e. The maximum atomic E-state index is 12.6. The number of ether oxygens (including phenoxy) is 1. The number of amides is 1. The highest BCUT2D eigenvalue weighted by Gasteiger charge is 2.37. The second-order valence-corrected chi connectivity index (χ2v) is 7.68. The Morgan fingerprint density at radius 3 is 2.65 bits per heavy atom. The number of likely N-dealkylation sites (N-methyl/N-ethyl adjacent to an activating group) is 1. The smallest absolute Gasteiger partial charge is 0.254 e. The normalized spacial score (nSPS) is 26.4. The van der Waals surface area contributed by atoms with Crippen LogP contribution in [-0.4, -0.2) is 72.4 Å². The molecule has 1 aromatic rings. The minimum atomic E-state index is -0.665. The van der Waals surface area contributed by atoms with Gasteiger partial charge >= 0.3 is 0 Å². The average molecular weight is 360 g/mol. The van der Waals surface area contributed by atoms with E-state index in [2.05, 4.69) is 36.2 Å². The minimum Gasteiger partial charge on any atom is -0.390 e. The monoisotopic (exact) mass is 360 g/mol. The van der Waals surface area contributed by atoms with Gasteiger partial charge in [-0.05, 0) is 51.1 Å². The van der Waals surface area contributed by atoms with E-state index in [1.54, 1.807) is 0 Å². The van der Waals surface area contributed by atoms with E-state index in [-0.39, 0.29) is 12.0 Å². The molecule has 3 atom stereocenters. The number of carbonyl (C=O) groups excluding carboxylic acids is 1. The molecule has 26 heavy (non-hydrogen) atoms. The van der Waals surface area contributed by atoms with E-state index in [1.165, 1.54) is 5.56 Å². The summed E-state index contributed by atoms with van der Waals surface area (Å²) in [6, 6.07) is 10.5. The van der Waals surface area contributed by atoms with Gasteiger partial charge < -0.3 is 19.6 Å². The number of carbonyl (C=O) groups is 1. The van der Waals surface area contributed by atoms with E-state index in [1.807, 2.05) is 11.0 Å². The van der Waals surface area contributed by atoms with Crippen LogP contribution in [0, 0.1) is 0 Å². The van der Waals surface area contributed by atoms with Crippen molar-refractivity contribution in [3.05, 3.63) is 35.9 Å². The van der Waals surface area contributed by atoms with Crippen LogP contribution in [0.25, 0.3) is 0 Å². The summed E-state index contributed by atoms with van der Waals surface area (Å²) in [6.07, 6.45) is 4.29. The fourth-order valence-corrected chi connectivity index (χ4v) is 3.87. The van der Waals surface area contributed by atoms with Gasteiger partial charge in [-0.15, -0.1) is 0 Å². The summed E-state index contributed by atoms with van der Waals surface area (Å²) in [5, 5.41) is 10.2. The number of aliphatic hydroxyl groups is 1. The highest BCUT2D eigenvalue weighted by molar-refractivity contribution is 5.82. The number of hydrogen-bond donors (Lipinski definition) is 1. The van der Waals surface area contributed by atoms with Gasteiger partial charge in [-0.3, -0.25) is 4.79 Å². The van der Waals surface area contributed by atoms with Crippen LogP contribution in [0.5, 0.6) is 0 Å². The molecule has 0 radical (unpaired) electrons. The first-order valence-electron chi connectivity index (χ1n) is 9.98. The van der Waals surface area contributed by atoms with Gasteiger partial charge in [0.25, 0.3) is 5.91 Å². The van der Waals surface area contributed by atoms with Crippen LogP contribution in [0.15, 0.2) is 30.3 Å². The van der Waals surface area contributed by atoms with Crippen molar-refractivity contribution in [1.29, 1.82) is 0 Å². The first-order chi connectivity index (χ1) is 12.6. The number of aliphatic hydroxyl groups excluding tert-OH is 1. The van der Waals surface area contributed by atoms with Gasteiger partial charge in [0.2, 0.25) is 0 Å². The molecule has 1 amide bonds. The molecular formula is C21H32N2O3.